The van der Waals surface area contributed by atoms with Gasteiger partial charge in [0.2, 0.25) is 5.91 Å². The van der Waals surface area contributed by atoms with Crippen molar-refractivity contribution in [2.75, 3.05) is 25.9 Å². The fourth-order valence-corrected chi connectivity index (χ4v) is 2.68. The molecular formula is C14H24N4OS. The Hall–Kier alpha value is -1.14. The van der Waals surface area contributed by atoms with E-state index in [-0.39, 0.29) is 11.3 Å². The number of rotatable bonds is 6. The van der Waals surface area contributed by atoms with E-state index in [9.17, 15) is 4.79 Å². The van der Waals surface area contributed by atoms with Crippen LogP contribution in [0.2, 0.25) is 0 Å². The fourth-order valence-electron chi connectivity index (χ4n) is 1.79. The van der Waals surface area contributed by atoms with Gasteiger partial charge in [-0.25, -0.2) is 9.97 Å². The van der Waals surface area contributed by atoms with E-state index >= 15 is 0 Å². The Morgan fingerprint density at radius 2 is 1.90 bits per heavy atom. The van der Waals surface area contributed by atoms with Crippen LogP contribution in [0.15, 0.2) is 11.2 Å². The lowest BCUT2D eigenvalue weighted by molar-refractivity contribution is -0.128. The molecule has 1 heterocycles. The Balaban J connectivity index is 2.54. The summed E-state index contributed by atoms with van der Waals surface area (Å²) in [6.45, 7) is 9.16. The van der Waals surface area contributed by atoms with Crippen molar-refractivity contribution in [3.63, 3.8) is 0 Å². The monoisotopic (exact) mass is 296 g/mol. The highest BCUT2D eigenvalue weighted by atomic mass is 32.2. The number of carbonyl (C=O) groups excluding carboxylic acids is 1. The van der Waals surface area contributed by atoms with Gasteiger partial charge < -0.3 is 10.6 Å². The summed E-state index contributed by atoms with van der Waals surface area (Å²) >= 11 is 1.37. The van der Waals surface area contributed by atoms with Crippen molar-refractivity contribution >= 4 is 17.7 Å². The third-order valence-corrected chi connectivity index (χ3v) is 3.76. The number of nitrogens with zero attached hydrogens (tertiary/aromatic N) is 3. The van der Waals surface area contributed by atoms with Gasteiger partial charge in [0.05, 0.1) is 5.75 Å². The third-order valence-electron chi connectivity index (χ3n) is 2.93. The summed E-state index contributed by atoms with van der Waals surface area (Å²) in [6, 6.07) is 1.92. The van der Waals surface area contributed by atoms with Crippen molar-refractivity contribution in [3.8, 4) is 0 Å². The minimum Gasteiger partial charge on any atom is -0.344 e. The highest BCUT2D eigenvalue weighted by molar-refractivity contribution is 7.99. The minimum atomic E-state index is -0.0640. The van der Waals surface area contributed by atoms with E-state index in [4.69, 9.17) is 5.73 Å². The van der Waals surface area contributed by atoms with Gasteiger partial charge in [0.25, 0.3) is 0 Å². The van der Waals surface area contributed by atoms with Gasteiger partial charge in [-0.3, -0.25) is 4.79 Å². The number of hydrogen-bond donors (Lipinski definition) is 1. The molecule has 0 aromatic carbocycles. The predicted molar refractivity (Wildman–Crippen MR) is 82.7 cm³/mol. The normalized spacial score (nSPS) is 11.5. The summed E-state index contributed by atoms with van der Waals surface area (Å²) < 4.78 is 0. The summed E-state index contributed by atoms with van der Waals surface area (Å²) in [6.07, 6.45) is 0. The van der Waals surface area contributed by atoms with Crippen LogP contribution in [0.25, 0.3) is 0 Å². The molecule has 1 amide bonds. The maximum atomic E-state index is 12.1. The highest BCUT2D eigenvalue weighted by Crippen LogP contribution is 2.17. The van der Waals surface area contributed by atoms with Gasteiger partial charge in [-0.15, -0.1) is 0 Å². The van der Waals surface area contributed by atoms with E-state index in [1.807, 2.05) is 27.0 Å². The molecule has 0 atom stereocenters. The Bertz CT molecular complexity index is 456. The van der Waals surface area contributed by atoms with E-state index in [0.717, 1.165) is 11.4 Å². The quantitative estimate of drug-likeness (QED) is 0.638. The van der Waals surface area contributed by atoms with Crippen LogP contribution in [-0.4, -0.2) is 46.7 Å². The number of amides is 1. The fraction of sp³-hybridized carbons (Fsp3) is 0.643. The van der Waals surface area contributed by atoms with Crippen LogP contribution in [0, 0.1) is 19.3 Å². The Kier molecular flexibility index (Phi) is 5.95. The third kappa shape index (κ3) is 5.46. The molecule has 5 nitrogen and oxygen atoms in total. The molecule has 6 heteroatoms. The zero-order valence-corrected chi connectivity index (χ0v) is 13.8. The molecule has 0 radical (unpaired) electrons. The zero-order valence-electron chi connectivity index (χ0n) is 12.9. The molecule has 1 aromatic rings. The van der Waals surface area contributed by atoms with Crippen molar-refractivity contribution in [2.24, 2.45) is 11.1 Å². The Morgan fingerprint density at radius 1 is 1.35 bits per heavy atom. The smallest absolute Gasteiger partial charge is 0.232 e. The molecule has 112 valence electrons. The Morgan fingerprint density at radius 3 is 2.40 bits per heavy atom. The first-order valence-corrected chi connectivity index (χ1v) is 7.61. The van der Waals surface area contributed by atoms with Gasteiger partial charge >= 0.3 is 0 Å². The first-order chi connectivity index (χ1) is 9.23. The van der Waals surface area contributed by atoms with Crippen molar-refractivity contribution in [1.29, 1.82) is 0 Å². The molecule has 1 rings (SSSR count). The molecule has 0 aliphatic carbocycles. The summed E-state index contributed by atoms with van der Waals surface area (Å²) in [7, 11) is 1.81. The zero-order chi connectivity index (χ0) is 15.3. The number of hydrogen-bond acceptors (Lipinski definition) is 5. The van der Waals surface area contributed by atoms with Crippen LogP contribution in [0.4, 0.5) is 0 Å². The lowest BCUT2D eigenvalue weighted by Crippen LogP contribution is -2.40. The summed E-state index contributed by atoms with van der Waals surface area (Å²) in [5, 5.41) is 0.655. The number of nitrogens with two attached hydrogens (primary N) is 1. The molecule has 0 saturated carbocycles. The van der Waals surface area contributed by atoms with Gasteiger partial charge in [0, 0.05) is 25.0 Å². The molecule has 1 aromatic heterocycles. The molecular weight excluding hydrogens is 272 g/mol. The van der Waals surface area contributed by atoms with Gasteiger partial charge in [0.15, 0.2) is 5.16 Å². The summed E-state index contributed by atoms with van der Waals surface area (Å²) in [5.41, 5.74) is 7.47. The van der Waals surface area contributed by atoms with Gasteiger partial charge in [-0.05, 0) is 31.9 Å². The number of aryl methyl sites for hydroxylation is 2. The lowest BCUT2D eigenvalue weighted by Gasteiger charge is -2.28. The topological polar surface area (TPSA) is 72.1 Å². The van der Waals surface area contributed by atoms with Crippen LogP contribution in [0.5, 0.6) is 0 Å². The largest absolute Gasteiger partial charge is 0.344 e. The van der Waals surface area contributed by atoms with Crippen molar-refractivity contribution in [2.45, 2.75) is 32.9 Å². The molecule has 0 saturated heterocycles. The predicted octanol–water partition coefficient (Wildman–Crippen LogP) is 1.63. The molecule has 0 aliphatic rings. The van der Waals surface area contributed by atoms with Gasteiger partial charge in [0.1, 0.15) is 0 Å². The summed E-state index contributed by atoms with van der Waals surface area (Å²) in [5.74, 6) is 0.416. The van der Waals surface area contributed by atoms with Crippen molar-refractivity contribution in [1.82, 2.24) is 14.9 Å². The van der Waals surface area contributed by atoms with E-state index in [2.05, 4.69) is 23.8 Å². The molecule has 0 spiro atoms. The lowest BCUT2D eigenvalue weighted by atomic mass is 9.93. The van der Waals surface area contributed by atoms with Crippen molar-refractivity contribution < 1.29 is 4.79 Å². The molecule has 20 heavy (non-hydrogen) atoms. The van der Waals surface area contributed by atoms with E-state index in [1.54, 1.807) is 4.90 Å². The number of carbonyl (C=O) groups is 1. The van der Waals surface area contributed by atoms with E-state index in [1.165, 1.54) is 11.8 Å². The first kappa shape index (κ1) is 16.9. The number of thioether (sulfide) groups is 1. The van der Waals surface area contributed by atoms with Crippen molar-refractivity contribution in [3.05, 3.63) is 17.5 Å². The second kappa shape index (κ2) is 7.04. The van der Waals surface area contributed by atoms with E-state index in [0.29, 0.717) is 24.0 Å². The summed E-state index contributed by atoms with van der Waals surface area (Å²) in [4.78, 5) is 22.4. The van der Waals surface area contributed by atoms with E-state index < -0.39 is 0 Å². The average Bonchev–Trinajstić information content (AvgIpc) is 2.34. The van der Waals surface area contributed by atoms with Crippen LogP contribution in [0.1, 0.15) is 25.2 Å². The second-order valence-corrected chi connectivity index (χ2v) is 6.78. The SMILES string of the molecule is Cc1cc(C)nc(SCC(=O)N(C)CC(C)(C)CN)n1. The van der Waals surface area contributed by atoms with Crippen LogP contribution < -0.4 is 5.73 Å². The number of aromatic nitrogens is 2. The molecule has 2 N–H and O–H groups in total. The minimum absolute atomic E-state index is 0.0640. The Labute approximate surface area is 125 Å². The highest BCUT2D eigenvalue weighted by Gasteiger charge is 2.21. The average molecular weight is 296 g/mol. The standard InChI is InChI=1S/C14H24N4OS/c1-10-6-11(2)17-13(16-10)20-7-12(19)18(5)9-14(3,4)8-15/h6H,7-9,15H2,1-5H3. The van der Waals surface area contributed by atoms with Crippen LogP contribution >= 0.6 is 11.8 Å². The van der Waals surface area contributed by atoms with Gasteiger partial charge in [-0.1, -0.05) is 25.6 Å². The second-order valence-electron chi connectivity index (χ2n) is 5.84. The maximum absolute atomic E-state index is 12.1. The maximum Gasteiger partial charge on any atom is 0.232 e. The molecule has 0 bridgehead atoms. The molecule has 0 fully saturated rings. The van der Waals surface area contributed by atoms with Crippen LogP contribution in [-0.2, 0) is 4.79 Å². The van der Waals surface area contributed by atoms with Gasteiger partial charge in [-0.2, -0.15) is 0 Å². The first-order valence-electron chi connectivity index (χ1n) is 6.62. The van der Waals surface area contributed by atoms with Crippen LogP contribution in [0.3, 0.4) is 0 Å². The molecule has 0 unspecified atom stereocenters. The molecule has 0 aliphatic heterocycles.